The first-order valence-electron chi connectivity index (χ1n) is 11.5. The normalized spacial score (nSPS) is 16.2. The van der Waals surface area contributed by atoms with Crippen molar-refractivity contribution in [3.63, 3.8) is 0 Å². The predicted molar refractivity (Wildman–Crippen MR) is 127 cm³/mol. The fourth-order valence-corrected chi connectivity index (χ4v) is 3.77. The Labute approximate surface area is 200 Å². The lowest BCUT2D eigenvalue weighted by Crippen LogP contribution is -2.56. The molecular weight excluding hydrogens is 438 g/mol. The van der Waals surface area contributed by atoms with Gasteiger partial charge in [0.2, 0.25) is 5.88 Å². The largest absolute Gasteiger partial charge is 0.477 e. The summed E-state index contributed by atoms with van der Waals surface area (Å²) in [6.07, 6.45) is 3.63. The zero-order valence-corrected chi connectivity index (χ0v) is 20.7. The smallest absolute Gasteiger partial charge is 0.410 e. The Balaban J connectivity index is 1.93. The van der Waals surface area contributed by atoms with Gasteiger partial charge in [0, 0.05) is 31.9 Å². The lowest BCUT2D eigenvalue weighted by atomic mass is 10.1. The highest BCUT2D eigenvalue weighted by atomic mass is 16.6. The SMILES string of the molecule is CCOc1ncccc1-c1cnc(N2CCN(C(=O)OC(C)(C)C)C[C@H]2CC)c(C(=O)OC)n1. The van der Waals surface area contributed by atoms with Crippen LogP contribution in [0.1, 0.15) is 51.5 Å². The molecule has 2 aromatic heterocycles. The first-order chi connectivity index (χ1) is 16.2. The van der Waals surface area contributed by atoms with Crippen LogP contribution >= 0.6 is 0 Å². The van der Waals surface area contributed by atoms with Crippen molar-refractivity contribution in [1.29, 1.82) is 0 Å². The molecule has 2 aromatic rings. The molecule has 0 bridgehead atoms. The second-order valence-electron chi connectivity index (χ2n) is 8.89. The standard InChI is InChI=1S/C24H33N5O5/c1-7-16-15-28(23(31)34-24(3,4)5)12-13-29(16)20-19(22(30)32-6)27-18(14-26-20)17-10-9-11-25-21(17)33-8-2/h9-11,14,16H,7-8,12-13,15H2,1-6H3/t16-/m1/s1. The molecule has 34 heavy (non-hydrogen) atoms. The van der Waals surface area contributed by atoms with Crippen LogP contribution in [-0.2, 0) is 9.47 Å². The summed E-state index contributed by atoms with van der Waals surface area (Å²) in [7, 11) is 1.31. The third-order valence-corrected chi connectivity index (χ3v) is 5.34. The average Bonchev–Trinajstić information content (AvgIpc) is 2.82. The van der Waals surface area contributed by atoms with Gasteiger partial charge in [-0.05, 0) is 46.2 Å². The Hall–Kier alpha value is -3.43. The van der Waals surface area contributed by atoms with Crippen molar-refractivity contribution in [1.82, 2.24) is 19.9 Å². The maximum Gasteiger partial charge on any atom is 0.410 e. The van der Waals surface area contributed by atoms with Crippen LogP contribution < -0.4 is 9.64 Å². The van der Waals surface area contributed by atoms with Gasteiger partial charge in [-0.1, -0.05) is 6.92 Å². The van der Waals surface area contributed by atoms with E-state index in [2.05, 4.69) is 15.0 Å². The fourth-order valence-electron chi connectivity index (χ4n) is 3.77. The van der Waals surface area contributed by atoms with Crippen molar-refractivity contribution in [2.75, 3.05) is 38.3 Å². The van der Waals surface area contributed by atoms with Crippen LogP contribution in [-0.4, -0.2) is 76.9 Å². The van der Waals surface area contributed by atoms with Crippen molar-refractivity contribution in [3.05, 3.63) is 30.2 Å². The fraction of sp³-hybridized carbons (Fsp3) is 0.542. The number of hydrogen-bond donors (Lipinski definition) is 0. The highest BCUT2D eigenvalue weighted by molar-refractivity contribution is 5.93. The number of anilines is 1. The molecule has 0 aliphatic carbocycles. The highest BCUT2D eigenvalue weighted by Gasteiger charge is 2.34. The highest BCUT2D eigenvalue weighted by Crippen LogP contribution is 2.30. The molecule has 0 radical (unpaired) electrons. The summed E-state index contributed by atoms with van der Waals surface area (Å²) >= 11 is 0. The zero-order chi connectivity index (χ0) is 24.9. The number of rotatable bonds is 6. The van der Waals surface area contributed by atoms with Crippen LogP contribution in [0.15, 0.2) is 24.5 Å². The van der Waals surface area contributed by atoms with E-state index >= 15 is 0 Å². The summed E-state index contributed by atoms with van der Waals surface area (Å²) in [5.74, 6) is 0.254. The maximum atomic E-state index is 12.7. The number of carbonyl (C=O) groups is 2. The van der Waals surface area contributed by atoms with Gasteiger partial charge < -0.3 is 24.0 Å². The third-order valence-electron chi connectivity index (χ3n) is 5.34. The molecule has 10 heteroatoms. The molecule has 0 unspecified atom stereocenters. The van der Waals surface area contributed by atoms with E-state index in [4.69, 9.17) is 14.2 Å². The Bertz CT molecular complexity index is 1020. The van der Waals surface area contributed by atoms with Crippen molar-refractivity contribution in [3.8, 4) is 17.1 Å². The number of nitrogens with zero attached hydrogens (tertiary/aromatic N) is 5. The summed E-state index contributed by atoms with van der Waals surface area (Å²) in [4.78, 5) is 42.5. The van der Waals surface area contributed by atoms with E-state index in [1.807, 2.05) is 45.6 Å². The van der Waals surface area contributed by atoms with Gasteiger partial charge in [-0.2, -0.15) is 0 Å². The summed E-state index contributed by atoms with van der Waals surface area (Å²) in [6.45, 7) is 11.2. The molecule has 1 atom stereocenters. The van der Waals surface area contributed by atoms with Crippen molar-refractivity contribution in [2.24, 2.45) is 0 Å². The van der Waals surface area contributed by atoms with E-state index < -0.39 is 11.6 Å². The van der Waals surface area contributed by atoms with Gasteiger partial charge in [-0.3, -0.25) is 0 Å². The molecule has 1 aliphatic rings. The van der Waals surface area contributed by atoms with Gasteiger partial charge in [0.25, 0.3) is 0 Å². The van der Waals surface area contributed by atoms with E-state index in [-0.39, 0.29) is 17.8 Å². The van der Waals surface area contributed by atoms with Crippen LogP contribution in [0.3, 0.4) is 0 Å². The number of methoxy groups -OCH3 is 1. The summed E-state index contributed by atoms with van der Waals surface area (Å²) < 4.78 is 16.2. The quantitative estimate of drug-likeness (QED) is 0.584. The average molecular weight is 472 g/mol. The Morgan fingerprint density at radius 2 is 1.94 bits per heavy atom. The molecule has 3 rings (SSSR count). The van der Waals surface area contributed by atoms with Crippen molar-refractivity contribution in [2.45, 2.75) is 52.7 Å². The lowest BCUT2D eigenvalue weighted by molar-refractivity contribution is 0.0212. The second-order valence-corrected chi connectivity index (χ2v) is 8.89. The number of pyridine rings is 1. The Morgan fingerprint density at radius 1 is 1.18 bits per heavy atom. The number of carbonyl (C=O) groups excluding carboxylic acids is 2. The summed E-state index contributed by atoms with van der Waals surface area (Å²) in [6, 6.07) is 3.52. The molecule has 184 valence electrons. The maximum absolute atomic E-state index is 12.7. The molecule has 10 nitrogen and oxygen atoms in total. The van der Waals surface area contributed by atoms with E-state index in [9.17, 15) is 9.59 Å². The zero-order valence-electron chi connectivity index (χ0n) is 20.7. The van der Waals surface area contributed by atoms with E-state index in [1.54, 1.807) is 23.4 Å². The number of aromatic nitrogens is 3. The molecule has 1 fully saturated rings. The minimum atomic E-state index is -0.587. The third kappa shape index (κ3) is 5.73. The molecule has 0 saturated carbocycles. The van der Waals surface area contributed by atoms with Gasteiger partial charge in [0.1, 0.15) is 5.60 Å². The summed E-state index contributed by atoms with van der Waals surface area (Å²) in [5.41, 5.74) is 0.633. The molecule has 1 amide bonds. The topological polar surface area (TPSA) is 107 Å². The van der Waals surface area contributed by atoms with Crippen LogP contribution in [0.25, 0.3) is 11.3 Å². The Kier molecular flexibility index (Phi) is 7.90. The van der Waals surface area contributed by atoms with Gasteiger partial charge in [0.05, 0.1) is 31.2 Å². The number of ether oxygens (including phenoxy) is 3. The van der Waals surface area contributed by atoms with Gasteiger partial charge >= 0.3 is 12.1 Å². The molecule has 1 aliphatic heterocycles. The van der Waals surface area contributed by atoms with Crippen LogP contribution in [0.5, 0.6) is 5.88 Å². The van der Waals surface area contributed by atoms with Crippen molar-refractivity contribution >= 4 is 17.9 Å². The number of hydrogen-bond acceptors (Lipinski definition) is 9. The van der Waals surface area contributed by atoms with Gasteiger partial charge in [-0.15, -0.1) is 0 Å². The van der Waals surface area contributed by atoms with E-state index in [0.717, 1.165) is 6.42 Å². The molecule has 0 spiro atoms. The molecule has 3 heterocycles. The van der Waals surface area contributed by atoms with Crippen LogP contribution in [0.4, 0.5) is 10.6 Å². The second kappa shape index (κ2) is 10.7. The van der Waals surface area contributed by atoms with E-state index in [0.29, 0.717) is 49.2 Å². The van der Waals surface area contributed by atoms with Crippen LogP contribution in [0.2, 0.25) is 0 Å². The molecule has 0 N–H and O–H groups in total. The lowest BCUT2D eigenvalue weighted by Gasteiger charge is -2.42. The van der Waals surface area contributed by atoms with Crippen LogP contribution in [0, 0.1) is 0 Å². The molecular formula is C24H33N5O5. The number of piperazine rings is 1. The predicted octanol–water partition coefficient (Wildman–Crippen LogP) is 3.56. The minimum absolute atomic E-state index is 0.0674. The number of esters is 1. The molecule has 0 aromatic carbocycles. The first kappa shape index (κ1) is 25.2. The minimum Gasteiger partial charge on any atom is -0.477 e. The van der Waals surface area contributed by atoms with E-state index in [1.165, 1.54) is 7.11 Å². The van der Waals surface area contributed by atoms with Crippen molar-refractivity contribution < 1.29 is 23.8 Å². The Morgan fingerprint density at radius 3 is 2.59 bits per heavy atom. The molecule has 1 saturated heterocycles. The van der Waals surface area contributed by atoms with Gasteiger partial charge in [0.15, 0.2) is 11.5 Å². The monoisotopic (exact) mass is 471 g/mol. The summed E-state index contributed by atoms with van der Waals surface area (Å²) in [5, 5.41) is 0. The first-order valence-corrected chi connectivity index (χ1v) is 11.5. The number of amides is 1. The van der Waals surface area contributed by atoms with Gasteiger partial charge in [-0.25, -0.2) is 24.5 Å².